The Kier molecular flexibility index (Phi) is 3.11. The van der Waals surface area contributed by atoms with Crippen molar-refractivity contribution in [3.63, 3.8) is 0 Å². The van der Waals surface area contributed by atoms with Gasteiger partial charge >= 0.3 is 0 Å². The molecule has 2 N–H and O–H groups in total. The van der Waals surface area contributed by atoms with Gasteiger partial charge in [-0.25, -0.2) is 4.98 Å². The Balaban J connectivity index is 2.04. The first-order valence-electron chi connectivity index (χ1n) is 5.52. The summed E-state index contributed by atoms with van der Waals surface area (Å²) in [4.78, 5) is 4.43. The third-order valence-electron chi connectivity index (χ3n) is 2.60. The zero-order chi connectivity index (χ0) is 12.5. The Morgan fingerprint density at radius 3 is 2.94 bits per heavy atom. The summed E-state index contributed by atoms with van der Waals surface area (Å²) in [5.41, 5.74) is 7.36. The second kappa shape index (κ2) is 4.76. The third-order valence-corrected chi connectivity index (χ3v) is 3.83. The van der Waals surface area contributed by atoms with Crippen molar-refractivity contribution in [2.24, 2.45) is 5.73 Å². The van der Waals surface area contributed by atoms with Gasteiger partial charge in [0.2, 0.25) is 0 Å². The van der Waals surface area contributed by atoms with E-state index in [4.69, 9.17) is 26.8 Å². The van der Waals surface area contributed by atoms with E-state index in [1.807, 2.05) is 17.5 Å². The van der Waals surface area contributed by atoms with Gasteiger partial charge in [0.25, 0.3) is 0 Å². The number of hydrogen-bond acceptors (Lipinski definition) is 5. The Morgan fingerprint density at radius 1 is 1.33 bits per heavy atom. The molecule has 0 aliphatic carbocycles. The zero-order valence-electron chi connectivity index (χ0n) is 9.48. The summed E-state index contributed by atoms with van der Waals surface area (Å²) in [5.74, 6) is 1.29. The molecule has 6 heteroatoms. The Bertz CT molecular complexity index is 585. The monoisotopic (exact) mass is 282 g/mol. The van der Waals surface area contributed by atoms with Gasteiger partial charge in [-0.2, -0.15) is 0 Å². The minimum absolute atomic E-state index is 0.439. The van der Waals surface area contributed by atoms with Crippen LogP contribution in [0, 0.1) is 0 Å². The predicted octanol–water partition coefficient (Wildman–Crippen LogP) is 2.69. The van der Waals surface area contributed by atoms with Crippen LogP contribution in [0.2, 0.25) is 5.02 Å². The highest BCUT2D eigenvalue weighted by atomic mass is 35.5. The van der Waals surface area contributed by atoms with Gasteiger partial charge in [-0.05, 0) is 12.1 Å². The first kappa shape index (κ1) is 11.8. The van der Waals surface area contributed by atoms with Gasteiger partial charge < -0.3 is 15.2 Å². The van der Waals surface area contributed by atoms with Crippen LogP contribution in [0.5, 0.6) is 11.5 Å². The number of rotatable bonds is 2. The van der Waals surface area contributed by atoms with Crippen molar-refractivity contribution in [3.05, 3.63) is 28.2 Å². The minimum Gasteiger partial charge on any atom is -0.486 e. The number of nitrogens with two attached hydrogens (primary N) is 1. The molecule has 0 spiro atoms. The van der Waals surface area contributed by atoms with Crippen molar-refractivity contribution in [2.75, 3.05) is 13.2 Å². The molecule has 1 aromatic carbocycles. The second-order valence-corrected chi connectivity index (χ2v) is 5.10. The molecule has 94 valence electrons. The zero-order valence-corrected chi connectivity index (χ0v) is 11.1. The molecule has 2 aromatic rings. The van der Waals surface area contributed by atoms with Crippen molar-refractivity contribution >= 4 is 22.9 Å². The molecule has 4 nitrogen and oxygen atoms in total. The van der Waals surface area contributed by atoms with E-state index in [0.29, 0.717) is 36.3 Å². The van der Waals surface area contributed by atoms with Crippen molar-refractivity contribution < 1.29 is 9.47 Å². The topological polar surface area (TPSA) is 57.4 Å². The van der Waals surface area contributed by atoms with E-state index in [1.165, 1.54) is 0 Å². The van der Waals surface area contributed by atoms with Crippen LogP contribution < -0.4 is 15.2 Å². The van der Waals surface area contributed by atoms with E-state index in [9.17, 15) is 0 Å². The van der Waals surface area contributed by atoms with Crippen LogP contribution in [0.4, 0.5) is 0 Å². The van der Waals surface area contributed by atoms with Crippen molar-refractivity contribution in [1.29, 1.82) is 0 Å². The number of aromatic nitrogens is 1. The number of nitrogens with zero attached hydrogens (tertiary/aromatic N) is 1. The van der Waals surface area contributed by atoms with Gasteiger partial charge in [0, 0.05) is 17.5 Å². The lowest BCUT2D eigenvalue weighted by Crippen LogP contribution is -2.15. The van der Waals surface area contributed by atoms with Crippen molar-refractivity contribution in [3.8, 4) is 22.1 Å². The summed E-state index contributed by atoms with van der Waals surface area (Å²) in [6.07, 6.45) is 0. The van der Waals surface area contributed by atoms with Crippen molar-refractivity contribution in [2.45, 2.75) is 6.54 Å². The maximum atomic E-state index is 6.19. The van der Waals surface area contributed by atoms with Crippen LogP contribution in [0.25, 0.3) is 10.6 Å². The molecule has 18 heavy (non-hydrogen) atoms. The molecule has 1 aliphatic heterocycles. The molecular weight excluding hydrogens is 272 g/mol. The number of halogens is 1. The first-order chi connectivity index (χ1) is 8.78. The summed E-state index contributed by atoms with van der Waals surface area (Å²) >= 11 is 7.73. The average Bonchev–Trinajstić information content (AvgIpc) is 2.87. The van der Waals surface area contributed by atoms with Gasteiger partial charge in [0.15, 0.2) is 11.5 Å². The van der Waals surface area contributed by atoms with Gasteiger partial charge in [-0.15, -0.1) is 11.3 Å². The van der Waals surface area contributed by atoms with Crippen LogP contribution in [0.3, 0.4) is 0 Å². The molecule has 0 amide bonds. The normalized spacial score (nSPS) is 13.7. The molecule has 0 saturated carbocycles. The number of fused-ring (bicyclic) bond motifs is 1. The van der Waals surface area contributed by atoms with E-state index in [1.54, 1.807) is 11.3 Å². The summed E-state index contributed by atoms with van der Waals surface area (Å²) in [6.45, 7) is 1.51. The number of thiazole rings is 1. The van der Waals surface area contributed by atoms with E-state index in [0.717, 1.165) is 16.3 Å². The lowest BCUT2D eigenvalue weighted by atomic mass is 10.2. The van der Waals surface area contributed by atoms with E-state index in [-0.39, 0.29) is 0 Å². The maximum absolute atomic E-state index is 6.19. The molecular formula is C12H11ClN2O2S. The lowest BCUT2D eigenvalue weighted by Gasteiger charge is -2.19. The molecule has 0 fully saturated rings. The fourth-order valence-corrected chi connectivity index (χ4v) is 2.85. The molecule has 0 bridgehead atoms. The molecule has 1 aromatic heterocycles. The van der Waals surface area contributed by atoms with Crippen LogP contribution in [-0.2, 0) is 6.54 Å². The lowest BCUT2D eigenvalue weighted by molar-refractivity contribution is 0.172. The van der Waals surface area contributed by atoms with E-state index < -0.39 is 0 Å². The molecule has 0 atom stereocenters. The molecule has 0 unspecified atom stereocenters. The third kappa shape index (κ3) is 2.05. The number of hydrogen-bond donors (Lipinski definition) is 1. The second-order valence-electron chi connectivity index (χ2n) is 3.83. The summed E-state index contributed by atoms with van der Waals surface area (Å²) in [5, 5.41) is 3.38. The fraction of sp³-hybridized carbons (Fsp3) is 0.250. The fourth-order valence-electron chi connectivity index (χ4n) is 1.77. The van der Waals surface area contributed by atoms with Crippen molar-refractivity contribution in [1.82, 2.24) is 4.98 Å². The van der Waals surface area contributed by atoms with E-state index >= 15 is 0 Å². The minimum atomic E-state index is 0.439. The Labute approximate surface area is 113 Å². The molecule has 2 heterocycles. The van der Waals surface area contributed by atoms with Gasteiger partial charge in [-0.1, -0.05) is 11.6 Å². The predicted molar refractivity (Wildman–Crippen MR) is 71.4 cm³/mol. The highest BCUT2D eigenvalue weighted by Crippen LogP contribution is 2.41. The van der Waals surface area contributed by atoms with Crippen LogP contribution >= 0.6 is 22.9 Å². The van der Waals surface area contributed by atoms with Gasteiger partial charge in [0.05, 0.1) is 10.7 Å². The molecule has 0 saturated heterocycles. The Hall–Kier alpha value is -1.30. The Morgan fingerprint density at radius 2 is 2.17 bits per heavy atom. The van der Waals surface area contributed by atoms with E-state index in [2.05, 4.69) is 4.98 Å². The maximum Gasteiger partial charge on any atom is 0.179 e. The summed E-state index contributed by atoms with van der Waals surface area (Å²) in [7, 11) is 0. The number of benzene rings is 1. The summed E-state index contributed by atoms with van der Waals surface area (Å²) < 4.78 is 11.0. The number of ether oxygens (including phenoxy) is 2. The highest BCUT2D eigenvalue weighted by molar-refractivity contribution is 7.13. The van der Waals surface area contributed by atoms with Crippen LogP contribution in [0.1, 0.15) is 5.69 Å². The first-order valence-corrected chi connectivity index (χ1v) is 6.77. The van der Waals surface area contributed by atoms with Gasteiger partial charge in [-0.3, -0.25) is 0 Å². The summed E-state index contributed by atoms with van der Waals surface area (Å²) in [6, 6.07) is 3.74. The van der Waals surface area contributed by atoms with Crippen LogP contribution in [0.15, 0.2) is 17.5 Å². The van der Waals surface area contributed by atoms with Crippen LogP contribution in [-0.4, -0.2) is 18.2 Å². The average molecular weight is 283 g/mol. The molecule has 3 rings (SSSR count). The smallest absolute Gasteiger partial charge is 0.179 e. The largest absolute Gasteiger partial charge is 0.486 e. The quantitative estimate of drug-likeness (QED) is 0.920. The standard InChI is InChI=1S/C12H11ClN2O2S/c13-9-3-7(12-15-8(5-14)6-18-12)4-10-11(9)17-2-1-16-10/h3-4,6H,1-2,5,14H2. The highest BCUT2D eigenvalue weighted by Gasteiger charge is 2.18. The molecule has 0 radical (unpaired) electrons. The van der Waals surface area contributed by atoms with Gasteiger partial charge in [0.1, 0.15) is 18.2 Å². The SMILES string of the molecule is NCc1csc(-c2cc(Cl)c3c(c2)OCCO3)n1. The molecule has 1 aliphatic rings.